The van der Waals surface area contributed by atoms with Crippen molar-refractivity contribution < 1.29 is 18.3 Å². The zero-order valence-electron chi connectivity index (χ0n) is 10.2. The minimum absolute atomic E-state index is 0.0323. The molecule has 0 unspecified atom stereocenters. The van der Waals surface area contributed by atoms with E-state index in [9.17, 15) is 18.3 Å². The van der Waals surface area contributed by atoms with Gasteiger partial charge in [-0.3, -0.25) is 4.72 Å². The van der Waals surface area contributed by atoms with Crippen molar-refractivity contribution in [3.63, 3.8) is 0 Å². The molecule has 1 N–H and O–H groups in total. The van der Waals surface area contributed by atoms with Crippen molar-refractivity contribution in [2.24, 2.45) is 0 Å². The summed E-state index contributed by atoms with van der Waals surface area (Å²) in [6, 6.07) is 6.15. The fourth-order valence-electron chi connectivity index (χ4n) is 1.49. The van der Waals surface area contributed by atoms with Gasteiger partial charge in [-0.15, -0.1) is 0 Å². The van der Waals surface area contributed by atoms with Gasteiger partial charge in [0.05, 0.1) is 16.6 Å². The number of anilines is 1. The van der Waals surface area contributed by atoms with Crippen LogP contribution in [-0.4, -0.2) is 19.4 Å². The minimum atomic E-state index is -4.03. The number of hydrogen-bond donors (Lipinski definition) is 1. The highest BCUT2D eigenvalue weighted by Gasteiger charge is 2.17. The van der Waals surface area contributed by atoms with Crippen molar-refractivity contribution in [3.8, 4) is 0 Å². The molecule has 6 nitrogen and oxygen atoms in total. The molecule has 2 rings (SSSR count). The maximum atomic E-state index is 12.2. The largest absolute Gasteiger partial charge is 0.545 e. The molecule has 2 aromatic rings. The number of pyridine rings is 1. The second kappa shape index (κ2) is 5.88. The molecule has 0 saturated heterocycles. The molecule has 21 heavy (non-hydrogen) atoms. The molecule has 0 radical (unpaired) electrons. The molecule has 0 amide bonds. The Morgan fingerprint density at radius 1 is 1.24 bits per heavy atom. The Labute approximate surface area is 130 Å². The van der Waals surface area contributed by atoms with Crippen molar-refractivity contribution in [1.82, 2.24) is 4.98 Å². The lowest BCUT2D eigenvalue weighted by molar-refractivity contribution is -0.255. The van der Waals surface area contributed by atoms with Gasteiger partial charge < -0.3 is 9.90 Å². The molecule has 0 saturated carbocycles. The smallest absolute Gasteiger partial charge is 0.262 e. The third-order valence-electron chi connectivity index (χ3n) is 2.47. The molecular formula is C12H7Cl2N2O4S-. The average Bonchev–Trinajstić information content (AvgIpc) is 2.41. The van der Waals surface area contributed by atoms with Gasteiger partial charge in [-0.25, -0.2) is 13.4 Å². The molecule has 0 aliphatic heterocycles. The number of carbonyl (C=O) groups excluding carboxylic acids is 1. The molecule has 0 fully saturated rings. The van der Waals surface area contributed by atoms with Gasteiger partial charge in [0.15, 0.2) is 5.15 Å². The molecule has 0 atom stereocenters. The number of benzene rings is 1. The van der Waals surface area contributed by atoms with E-state index in [-0.39, 0.29) is 20.8 Å². The van der Waals surface area contributed by atoms with Gasteiger partial charge in [-0.1, -0.05) is 23.2 Å². The van der Waals surface area contributed by atoms with E-state index in [4.69, 9.17) is 23.2 Å². The van der Waals surface area contributed by atoms with Gasteiger partial charge in [0.1, 0.15) is 0 Å². The van der Waals surface area contributed by atoms with E-state index in [1.807, 2.05) is 0 Å². The van der Waals surface area contributed by atoms with E-state index in [0.717, 1.165) is 12.1 Å². The molecule has 0 bridgehead atoms. The predicted octanol–water partition coefficient (Wildman–Crippen LogP) is 1.55. The van der Waals surface area contributed by atoms with Gasteiger partial charge in [-0.2, -0.15) is 0 Å². The molecule has 110 valence electrons. The first-order chi connectivity index (χ1) is 9.81. The summed E-state index contributed by atoms with van der Waals surface area (Å²) in [4.78, 5) is 14.3. The number of rotatable bonds is 4. The highest BCUT2D eigenvalue weighted by Crippen LogP contribution is 2.24. The highest BCUT2D eigenvalue weighted by atomic mass is 35.5. The number of aromatic nitrogens is 1. The molecule has 0 aliphatic rings. The van der Waals surface area contributed by atoms with Crippen LogP contribution in [0.3, 0.4) is 0 Å². The number of aromatic carboxylic acids is 1. The fourth-order valence-corrected chi connectivity index (χ4v) is 3.00. The summed E-state index contributed by atoms with van der Waals surface area (Å²) < 4.78 is 26.6. The monoisotopic (exact) mass is 345 g/mol. The number of sulfonamides is 1. The quantitative estimate of drug-likeness (QED) is 0.847. The van der Waals surface area contributed by atoms with Crippen LogP contribution >= 0.6 is 23.2 Å². The van der Waals surface area contributed by atoms with Crippen LogP contribution in [0.5, 0.6) is 0 Å². The maximum absolute atomic E-state index is 12.2. The van der Waals surface area contributed by atoms with E-state index in [2.05, 4.69) is 9.71 Å². The van der Waals surface area contributed by atoms with Crippen molar-refractivity contribution in [2.75, 3.05) is 4.72 Å². The molecule has 1 aromatic heterocycles. The van der Waals surface area contributed by atoms with Crippen molar-refractivity contribution >= 4 is 44.9 Å². The lowest BCUT2D eigenvalue weighted by Gasteiger charge is -2.11. The highest BCUT2D eigenvalue weighted by molar-refractivity contribution is 7.92. The Morgan fingerprint density at radius 3 is 2.57 bits per heavy atom. The average molecular weight is 346 g/mol. The van der Waals surface area contributed by atoms with Gasteiger partial charge in [-0.05, 0) is 30.3 Å². The lowest BCUT2D eigenvalue weighted by atomic mass is 10.2. The summed E-state index contributed by atoms with van der Waals surface area (Å²) in [6.45, 7) is 0. The Bertz CT molecular complexity index is 809. The first-order valence-corrected chi connectivity index (χ1v) is 7.69. The molecule has 9 heteroatoms. The summed E-state index contributed by atoms with van der Waals surface area (Å²) in [6.07, 6.45) is 1.40. The van der Waals surface area contributed by atoms with Crippen LogP contribution in [0.25, 0.3) is 0 Å². The zero-order valence-corrected chi connectivity index (χ0v) is 12.5. The van der Waals surface area contributed by atoms with E-state index in [1.165, 1.54) is 24.4 Å². The number of nitrogens with one attached hydrogen (secondary N) is 1. The third kappa shape index (κ3) is 3.44. The second-order valence-electron chi connectivity index (χ2n) is 3.88. The first-order valence-electron chi connectivity index (χ1n) is 5.45. The summed E-state index contributed by atoms with van der Waals surface area (Å²) in [7, 11) is -4.03. The second-order valence-corrected chi connectivity index (χ2v) is 6.32. The predicted molar refractivity (Wildman–Crippen MR) is 75.8 cm³/mol. The van der Waals surface area contributed by atoms with Crippen molar-refractivity contribution in [2.45, 2.75) is 4.90 Å². The maximum Gasteiger partial charge on any atom is 0.262 e. The summed E-state index contributed by atoms with van der Waals surface area (Å²) >= 11 is 11.4. The van der Waals surface area contributed by atoms with Crippen LogP contribution in [0.2, 0.25) is 10.2 Å². The van der Waals surface area contributed by atoms with Gasteiger partial charge in [0.25, 0.3) is 10.0 Å². The number of nitrogens with zero attached hydrogens (tertiary/aromatic N) is 1. The third-order valence-corrected chi connectivity index (χ3v) is 4.47. The topological polar surface area (TPSA) is 99.2 Å². The van der Waals surface area contributed by atoms with Crippen LogP contribution in [0.15, 0.2) is 41.4 Å². The van der Waals surface area contributed by atoms with Crippen LogP contribution in [0, 0.1) is 0 Å². The van der Waals surface area contributed by atoms with Gasteiger partial charge in [0.2, 0.25) is 0 Å². The lowest BCUT2D eigenvalue weighted by Crippen LogP contribution is -2.23. The number of halogens is 2. The van der Waals surface area contributed by atoms with E-state index >= 15 is 0 Å². The van der Waals surface area contributed by atoms with Crippen LogP contribution < -0.4 is 9.83 Å². The fraction of sp³-hybridized carbons (Fsp3) is 0. The Hall–Kier alpha value is -1.83. The first kappa shape index (κ1) is 15.6. The Morgan fingerprint density at radius 2 is 1.95 bits per heavy atom. The van der Waals surface area contributed by atoms with Crippen LogP contribution in [0.4, 0.5) is 5.69 Å². The van der Waals surface area contributed by atoms with Crippen molar-refractivity contribution in [1.29, 1.82) is 0 Å². The van der Waals surface area contributed by atoms with E-state index < -0.39 is 21.6 Å². The Balaban J connectivity index is 2.43. The van der Waals surface area contributed by atoms with Crippen LogP contribution in [0.1, 0.15) is 10.4 Å². The summed E-state index contributed by atoms with van der Waals surface area (Å²) in [5.74, 6) is -1.57. The number of carboxylic acid groups (broad SMARTS) is 1. The standard InChI is InChI=1S/C12H8Cl2N2O4S/c13-9-4-3-7(6-8(9)12(17)18)21(19,20)16-10-2-1-5-15-11(10)14/h1-6,16H,(H,17,18)/p-1. The zero-order chi connectivity index (χ0) is 15.6. The van der Waals surface area contributed by atoms with Crippen LogP contribution in [-0.2, 0) is 10.0 Å². The van der Waals surface area contributed by atoms with Gasteiger partial charge >= 0.3 is 0 Å². The molecule has 0 aliphatic carbocycles. The summed E-state index contributed by atoms with van der Waals surface area (Å²) in [5, 5.41) is 10.7. The Kier molecular flexibility index (Phi) is 4.36. The summed E-state index contributed by atoms with van der Waals surface area (Å²) in [5.41, 5.74) is -0.346. The van der Waals surface area contributed by atoms with E-state index in [0.29, 0.717) is 0 Å². The molecule has 1 aromatic carbocycles. The number of carbonyl (C=O) groups is 1. The number of hydrogen-bond acceptors (Lipinski definition) is 5. The van der Waals surface area contributed by atoms with E-state index in [1.54, 1.807) is 0 Å². The van der Waals surface area contributed by atoms with Gasteiger partial charge in [0, 0.05) is 16.8 Å². The minimum Gasteiger partial charge on any atom is -0.545 e. The van der Waals surface area contributed by atoms with Crippen molar-refractivity contribution in [3.05, 3.63) is 52.3 Å². The molecule has 1 heterocycles. The molecule has 0 spiro atoms. The SMILES string of the molecule is O=C([O-])c1cc(S(=O)(=O)Nc2cccnc2Cl)ccc1Cl. The number of carboxylic acids is 1. The molecular weight excluding hydrogens is 339 g/mol. The normalized spacial score (nSPS) is 11.1.